The molecule has 0 amide bonds. The van der Waals surface area contributed by atoms with E-state index in [0.717, 1.165) is 6.20 Å². The van der Waals surface area contributed by atoms with Crippen molar-refractivity contribution in [2.24, 2.45) is 0 Å². The van der Waals surface area contributed by atoms with Crippen molar-refractivity contribution in [3.63, 3.8) is 0 Å². The summed E-state index contributed by atoms with van der Waals surface area (Å²) >= 11 is 5.57. The SMILES string of the molecule is O=C(O)c1cn(-c2cccc(Cl)c2F)c(=O)[nH]c1=O. The first kappa shape index (κ1) is 13.0. The molecule has 0 unspecified atom stereocenters. The van der Waals surface area contributed by atoms with Gasteiger partial charge in [-0.25, -0.2) is 14.0 Å². The number of carboxylic acid groups (broad SMARTS) is 1. The maximum Gasteiger partial charge on any atom is 0.342 e. The van der Waals surface area contributed by atoms with Crippen LogP contribution in [0.5, 0.6) is 0 Å². The van der Waals surface area contributed by atoms with Crippen molar-refractivity contribution in [2.45, 2.75) is 0 Å². The van der Waals surface area contributed by atoms with Crippen LogP contribution in [0.1, 0.15) is 10.4 Å². The molecule has 2 rings (SSSR count). The first-order chi connectivity index (χ1) is 8.91. The van der Waals surface area contributed by atoms with Crippen LogP contribution in [-0.4, -0.2) is 20.6 Å². The maximum absolute atomic E-state index is 13.8. The molecule has 8 heteroatoms. The number of H-pyrrole nitrogens is 1. The fourth-order valence-corrected chi connectivity index (χ4v) is 1.65. The van der Waals surface area contributed by atoms with E-state index in [2.05, 4.69) is 0 Å². The molecule has 2 aromatic rings. The molecule has 19 heavy (non-hydrogen) atoms. The van der Waals surface area contributed by atoms with Crippen molar-refractivity contribution < 1.29 is 14.3 Å². The minimum atomic E-state index is -1.53. The zero-order valence-corrected chi connectivity index (χ0v) is 9.94. The molecule has 0 fully saturated rings. The summed E-state index contributed by atoms with van der Waals surface area (Å²) in [6.45, 7) is 0. The second kappa shape index (κ2) is 4.69. The number of nitrogens with one attached hydrogen (secondary N) is 1. The molecule has 2 N–H and O–H groups in total. The Balaban J connectivity index is 2.80. The highest BCUT2D eigenvalue weighted by atomic mass is 35.5. The number of carboxylic acids is 1. The van der Waals surface area contributed by atoms with Crippen LogP contribution in [-0.2, 0) is 0 Å². The van der Waals surface area contributed by atoms with E-state index >= 15 is 0 Å². The summed E-state index contributed by atoms with van der Waals surface area (Å²) in [6.07, 6.45) is 0.748. The molecule has 1 aromatic heterocycles. The van der Waals surface area contributed by atoms with Crippen molar-refractivity contribution in [1.82, 2.24) is 9.55 Å². The molecule has 1 heterocycles. The highest BCUT2D eigenvalue weighted by Crippen LogP contribution is 2.19. The van der Waals surface area contributed by atoms with Gasteiger partial charge in [0.05, 0.1) is 10.7 Å². The Morgan fingerprint density at radius 3 is 2.68 bits per heavy atom. The molecule has 0 saturated heterocycles. The molecule has 98 valence electrons. The molecule has 0 aliphatic heterocycles. The highest BCUT2D eigenvalue weighted by molar-refractivity contribution is 6.30. The standard InChI is InChI=1S/C11H6ClFN2O4/c12-6-2-1-3-7(8(6)13)15-4-5(10(17)18)9(16)14-11(15)19/h1-4H,(H,17,18)(H,14,16,19). The molecule has 0 spiro atoms. The quantitative estimate of drug-likeness (QED) is 0.861. The van der Waals surface area contributed by atoms with Crippen LogP contribution in [0.2, 0.25) is 5.02 Å². The van der Waals surface area contributed by atoms with Gasteiger partial charge < -0.3 is 5.11 Å². The third-order valence-electron chi connectivity index (χ3n) is 2.36. The summed E-state index contributed by atoms with van der Waals surface area (Å²) in [5.41, 5.74) is -2.96. The number of aromatic nitrogens is 2. The largest absolute Gasteiger partial charge is 0.477 e. The zero-order chi connectivity index (χ0) is 14.2. The van der Waals surface area contributed by atoms with Gasteiger partial charge in [0.15, 0.2) is 5.82 Å². The number of rotatable bonds is 2. The van der Waals surface area contributed by atoms with Gasteiger partial charge in [-0.1, -0.05) is 17.7 Å². The van der Waals surface area contributed by atoms with Gasteiger partial charge >= 0.3 is 11.7 Å². The Kier molecular flexibility index (Phi) is 3.22. The third-order valence-corrected chi connectivity index (χ3v) is 2.66. The van der Waals surface area contributed by atoms with Gasteiger partial charge in [0.1, 0.15) is 5.56 Å². The summed E-state index contributed by atoms with van der Waals surface area (Å²) in [6, 6.07) is 3.89. The van der Waals surface area contributed by atoms with Crippen LogP contribution in [0.4, 0.5) is 4.39 Å². The van der Waals surface area contributed by atoms with Crippen molar-refractivity contribution in [1.29, 1.82) is 0 Å². The molecule has 0 radical (unpaired) electrons. The average molecular weight is 285 g/mol. The second-order valence-electron chi connectivity index (χ2n) is 3.55. The number of benzene rings is 1. The van der Waals surface area contributed by atoms with E-state index < -0.39 is 28.6 Å². The van der Waals surface area contributed by atoms with Gasteiger partial charge in [-0.15, -0.1) is 0 Å². The van der Waals surface area contributed by atoms with Gasteiger partial charge in [-0.2, -0.15) is 0 Å². The normalized spacial score (nSPS) is 10.4. The number of halogens is 2. The Morgan fingerprint density at radius 2 is 2.05 bits per heavy atom. The summed E-state index contributed by atoms with van der Waals surface area (Å²) in [5, 5.41) is 8.57. The van der Waals surface area contributed by atoms with Crippen molar-refractivity contribution >= 4 is 17.6 Å². The Hall–Kier alpha value is -2.41. The van der Waals surface area contributed by atoms with Crippen molar-refractivity contribution in [2.75, 3.05) is 0 Å². The molecule has 0 bridgehead atoms. The molecular weight excluding hydrogens is 279 g/mol. The summed E-state index contributed by atoms with van der Waals surface area (Å²) in [5.74, 6) is -2.42. The molecule has 1 aromatic carbocycles. The highest BCUT2D eigenvalue weighted by Gasteiger charge is 2.15. The van der Waals surface area contributed by atoms with E-state index in [0.29, 0.717) is 4.57 Å². The topological polar surface area (TPSA) is 92.2 Å². The van der Waals surface area contributed by atoms with Gasteiger partial charge in [0, 0.05) is 6.20 Å². The van der Waals surface area contributed by atoms with E-state index in [9.17, 15) is 18.8 Å². The van der Waals surface area contributed by atoms with Gasteiger partial charge in [-0.05, 0) is 12.1 Å². The monoisotopic (exact) mass is 284 g/mol. The molecule has 0 aliphatic rings. The fraction of sp³-hybridized carbons (Fsp3) is 0. The van der Waals surface area contributed by atoms with Crippen LogP contribution in [0.25, 0.3) is 5.69 Å². The van der Waals surface area contributed by atoms with E-state index in [1.807, 2.05) is 0 Å². The zero-order valence-electron chi connectivity index (χ0n) is 9.18. The Morgan fingerprint density at radius 1 is 1.37 bits per heavy atom. The first-order valence-corrected chi connectivity index (χ1v) is 5.33. The number of carbonyl (C=O) groups is 1. The smallest absolute Gasteiger partial charge is 0.342 e. The minimum Gasteiger partial charge on any atom is -0.477 e. The van der Waals surface area contributed by atoms with Crippen LogP contribution >= 0.6 is 11.6 Å². The lowest BCUT2D eigenvalue weighted by molar-refractivity contribution is 0.0694. The van der Waals surface area contributed by atoms with Crippen LogP contribution in [0, 0.1) is 5.82 Å². The van der Waals surface area contributed by atoms with Crippen LogP contribution < -0.4 is 11.2 Å². The van der Waals surface area contributed by atoms with E-state index in [4.69, 9.17) is 16.7 Å². The summed E-state index contributed by atoms with van der Waals surface area (Å²) in [4.78, 5) is 35.4. The minimum absolute atomic E-state index is 0.229. The van der Waals surface area contributed by atoms with Gasteiger partial charge in [-0.3, -0.25) is 14.3 Å². The number of hydrogen-bond acceptors (Lipinski definition) is 3. The number of nitrogens with zero attached hydrogens (tertiary/aromatic N) is 1. The van der Waals surface area contributed by atoms with Crippen molar-refractivity contribution in [3.8, 4) is 5.69 Å². The Labute approximate surface area is 109 Å². The Bertz CT molecular complexity index is 781. The summed E-state index contributed by atoms with van der Waals surface area (Å²) < 4.78 is 14.4. The molecule has 6 nitrogen and oxygen atoms in total. The fourth-order valence-electron chi connectivity index (χ4n) is 1.48. The lowest BCUT2D eigenvalue weighted by Crippen LogP contribution is -2.32. The lowest BCUT2D eigenvalue weighted by atomic mass is 10.3. The van der Waals surface area contributed by atoms with Crippen molar-refractivity contribution in [3.05, 3.63) is 61.6 Å². The summed E-state index contributed by atoms with van der Waals surface area (Å²) in [7, 11) is 0. The third kappa shape index (κ3) is 2.27. The molecule has 0 atom stereocenters. The first-order valence-electron chi connectivity index (χ1n) is 4.95. The van der Waals surface area contributed by atoms with Crippen LogP contribution in [0.3, 0.4) is 0 Å². The van der Waals surface area contributed by atoms with E-state index in [1.165, 1.54) is 18.2 Å². The molecule has 0 aliphatic carbocycles. The molecular formula is C11H6ClFN2O4. The lowest BCUT2D eigenvalue weighted by Gasteiger charge is -2.07. The van der Waals surface area contributed by atoms with E-state index in [1.54, 1.807) is 4.98 Å². The number of aromatic amines is 1. The molecule has 0 saturated carbocycles. The predicted molar refractivity (Wildman–Crippen MR) is 64.6 cm³/mol. The van der Waals surface area contributed by atoms with Gasteiger partial charge in [0.25, 0.3) is 5.56 Å². The van der Waals surface area contributed by atoms with E-state index in [-0.39, 0.29) is 10.7 Å². The van der Waals surface area contributed by atoms with Gasteiger partial charge in [0.2, 0.25) is 0 Å². The number of hydrogen-bond donors (Lipinski definition) is 2. The number of aromatic carboxylic acids is 1. The average Bonchev–Trinajstić information content (AvgIpc) is 2.33. The predicted octanol–water partition coefficient (Wildman–Crippen LogP) is 1.02. The second-order valence-corrected chi connectivity index (χ2v) is 3.96. The maximum atomic E-state index is 13.8. The van der Waals surface area contributed by atoms with Crippen LogP contribution in [0.15, 0.2) is 34.0 Å².